The molecule has 0 aliphatic rings. The van der Waals surface area contributed by atoms with E-state index in [4.69, 9.17) is 23.2 Å². The van der Waals surface area contributed by atoms with Gasteiger partial charge in [-0.3, -0.25) is 9.56 Å². The van der Waals surface area contributed by atoms with Crippen LogP contribution in [0.2, 0.25) is 10.0 Å². The number of aliphatic hydroxyl groups is 1. The van der Waals surface area contributed by atoms with Crippen molar-refractivity contribution in [2.24, 2.45) is 4.99 Å². The van der Waals surface area contributed by atoms with Gasteiger partial charge in [-0.1, -0.05) is 29.3 Å². The van der Waals surface area contributed by atoms with Crippen molar-refractivity contribution in [2.75, 3.05) is 6.61 Å². The SMILES string of the molecule is CC(=NC(CCO)c1ccc(Cl)cc1Cl)n1ccnc1. The van der Waals surface area contributed by atoms with Crippen molar-refractivity contribution < 1.29 is 5.11 Å². The van der Waals surface area contributed by atoms with E-state index >= 15 is 0 Å². The number of aliphatic imine (C=N–C) groups is 1. The van der Waals surface area contributed by atoms with Gasteiger partial charge < -0.3 is 5.11 Å². The van der Waals surface area contributed by atoms with Gasteiger partial charge in [-0.2, -0.15) is 0 Å². The number of hydrogen-bond donors (Lipinski definition) is 1. The van der Waals surface area contributed by atoms with Gasteiger partial charge in [-0.15, -0.1) is 0 Å². The molecule has 1 aromatic heterocycles. The molecule has 6 heteroatoms. The van der Waals surface area contributed by atoms with E-state index < -0.39 is 0 Å². The lowest BCUT2D eigenvalue weighted by atomic mass is 10.0. The predicted molar refractivity (Wildman–Crippen MR) is 81.6 cm³/mol. The Morgan fingerprint density at radius 1 is 1.45 bits per heavy atom. The van der Waals surface area contributed by atoms with Crippen LogP contribution in [0.3, 0.4) is 0 Å². The van der Waals surface area contributed by atoms with Crippen molar-refractivity contribution in [3.8, 4) is 0 Å². The average molecular weight is 312 g/mol. The van der Waals surface area contributed by atoms with E-state index in [1.54, 1.807) is 24.7 Å². The molecule has 2 rings (SSSR count). The molecule has 1 N–H and O–H groups in total. The Bertz CT molecular complexity index is 596. The Balaban J connectivity index is 2.33. The normalized spacial score (nSPS) is 13.5. The second-order valence-corrected chi connectivity index (χ2v) is 5.18. The molecule has 1 unspecified atom stereocenters. The van der Waals surface area contributed by atoms with E-state index in [0.29, 0.717) is 16.5 Å². The molecule has 0 spiro atoms. The zero-order valence-corrected chi connectivity index (χ0v) is 12.5. The van der Waals surface area contributed by atoms with Crippen LogP contribution in [-0.4, -0.2) is 27.1 Å². The Morgan fingerprint density at radius 3 is 2.85 bits per heavy atom. The molecule has 106 valence electrons. The largest absolute Gasteiger partial charge is 0.396 e. The van der Waals surface area contributed by atoms with Crippen molar-refractivity contribution in [2.45, 2.75) is 19.4 Å². The summed E-state index contributed by atoms with van der Waals surface area (Å²) in [5.74, 6) is 0.784. The van der Waals surface area contributed by atoms with E-state index in [2.05, 4.69) is 9.98 Å². The molecular formula is C14H15Cl2N3O. The Kier molecular flexibility index (Phi) is 5.17. The fraction of sp³-hybridized carbons (Fsp3) is 0.286. The molecule has 1 heterocycles. The first-order valence-corrected chi connectivity index (χ1v) is 6.96. The van der Waals surface area contributed by atoms with Crippen molar-refractivity contribution in [1.82, 2.24) is 9.55 Å². The monoisotopic (exact) mass is 311 g/mol. The van der Waals surface area contributed by atoms with Crippen LogP contribution < -0.4 is 0 Å². The number of benzene rings is 1. The van der Waals surface area contributed by atoms with E-state index in [0.717, 1.165) is 11.4 Å². The zero-order chi connectivity index (χ0) is 14.5. The molecule has 2 aromatic rings. The topological polar surface area (TPSA) is 50.4 Å². The maximum Gasteiger partial charge on any atom is 0.106 e. The van der Waals surface area contributed by atoms with Gasteiger partial charge in [0.25, 0.3) is 0 Å². The van der Waals surface area contributed by atoms with Crippen molar-refractivity contribution >= 4 is 29.0 Å². The summed E-state index contributed by atoms with van der Waals surface area (Å²) in [6, 6.07) is 5.09. The maximum absolute atomic E-state index is 9.23. The molecule has 0 fully saturated rings. The molecular weight excluding hydrogens is 297 g/mol. The van der Waals surface area contributed by atoms with Crippen molar-refractivity contribution in [1.29, 1.82) is 0 Å². The molecule has 20 heavy (non-hydrogen) atoms. The lowest BCUT2D eigenvalue weighted by Crippen LogP contribution is -2.09. The van der Waals surface area contributed by atoms with Gasteiger partial charge in [-0.25, -0.2) is 4.98 Å². The van der Waals surface area contributed by atoms with Crippen LogP contribution in [0.4, 0.5) is 0 Å². The summed E-state index contributed by atoms with van der Waals surface area (Å²) >= 11 is 12.1. The standard InChI is InChI=1S/C14H15Cl2N3O/c1-10(19-6-5-17-9-19)18-14(4-7-20)12-3-2-11(15)8-13(12)16/h2-3,5-6,8-9,14,20H,4,7H2,1H3. The quantitative estimate of drug-likeness (QED) is 0.693. The van der Waals surface area contributed by atoms with Crippen molar-refractivity contribution in [3.05, 3.63) is 52.5 Å². The predicted octanol–water partition coefficient (Wildman–Crippen LogP) is 3.58. The van der Waals surface area contributed by atoms with Gasteiger partial charge in [0.15, 0.2) is 0 Å². The minimum absolute atomic E-state index is 0.0321. The van der Waals surface area contributed by atoms with Crippen LogP contribution in [0.25, 0.3) is 0 Å². The van der Waals surface area contributed by atoms with E-state index in [1.165, 1.54) is 0 Å². The summed E-state index contributed by atoms with van der Waals surface area (Å²) in [5, 5.41) is 10.4. The highest BCUT2D eigenvalue weighted by atomic mass is 35.5. The Labute approximate surface area is 127 Å². The fourth-order valence-corrected chi connectivity index (χ4v) is 2.46. The molecule has 0 radical (unpaired) electrons. The summed E-state index contributed by atoms with van der Waals surface area (Å²) < 4.78 is 1.81. The molecule has 4 nitrogen and oxygen atoms in total. The molecule has 0 amide bonds. The van der Waals surface area contributed by atoms with Crippen LogP contribution in [0, 0.1) is 0 Å². The minimum atomic E-state index is -0.216. The van der Waals surface area contributed by atoms with Crippen molar-refractivity contribution in [3.63, 3.8) is 0 Å². The number of aliphatic hydroxyl groups excluding tert-OH is 1. The van der Waals surface area contributed by atoms with Gasteiger partial charge in [0, 0.05) is 29.0 Å². The third-order valence-corrected chi connectivity index (χ3v) is 3.51. The molecule has 0 saturated carbocycles. The van der Waals surface area contributed by atoms with E-state index in [1.807, 2.05) is 23.8 Å². The third kappa shape index (κ3) is 3.60. The lowest BCUT2D eigenvalue weighted by molar-refractivity contribution is 0.277. The molecule has 1 aromatic carbocycles. The number of imidazole rings is 1. The number of nitrogens with zero attached hydrogens (tertiary/aromatic N) is 3. The second-order valence-electron chi connectivity index (χ2n) is 4.34. The van der Waals surface area contributed by atoms with E-state index in [-0.39, 0.29) is 12.6 Å². The number of aromatic nitrogens is 2. The van der Waals surface area contributed by atoms with Gasteiger partial charge in [0.1, 0.15) is 12.2 Å². The highest BCUT2D eigenvalue weighted by Gasteiger charge is 2.14. The maximum atomic E-state index is 9.23. The highest BCUT2D eigenvalue weighted by molar-refractivity contribution is 6.35. The average Bonchev–Trinajstić information content (AvgIpc) is 2.92. The Morgan fingerprint density at radius 2 is 2.25 bits per heavy atom. The minimum Gasteiger partial charge on any atom is -0.396 e. The van der Waals surface area contributed by atoms with Crippen LogP contribution in [-0.2, 0) is 0 Å². The fourth-order valence-electron chi connectivity index (χ4n) is 1.93. The second kappa shape index (κ2) is 6.88. The third-order valence-electron chi connectivity index (χ3n) is 2.94. The lowest BCUT2D eigenvalue weighted by Gasteiger charge is -2.15. The summed E-state index contributed by atoms with van der Waals surface area (Å²) in [6.07, 6.45) is 5.68. The molecule has 0 saturated heterocycles. The molecule has 0 aliphatic carbocycles. The summed E-state index contributed by atoms with van der Waals surface area (Å²) in [7, 11) is 0. The Hall–Kier alpha value is -1.36. The highest BCUT2D eigenvalue weighted by Crippen LogP contribution is 2.30. The number of rotatable bonds is 4. The first kappa shape index (κ1) is 15.0. The van der Waals surface area contributed by atoms with Crippen LogP contribution in [0.1, 0.15) is 24.9 Å². The van der Waals surface area contributed by atoms with Gasteiger partial charge in [0.2, 0.25) is 0 Å². The van der Waals surface area contributed by atoms with Gasteiger partial charge >= 0.3 is 0 Å². The first-order chi connectivity index (χ1) is 9.61. The summed E-state index contributed by atoms with van der Waals surface area (Å²) in [5.41, 5.74) is 0.851. The van der Waals surface area contributed by atoms with Gasteiger partial charge in [-0.05, 0) is 31.0 Å². The number of halogens is 2. The molecule has 0 bridgehead atoms. The summed E-state index contributed by atoms with van der Waals surface area (Å²) in [6.45, 7) is 1.92. The van der Waals surface area contributed by atoms with Gasteiger partial charge in [0.05, 0.1) is 6.04 Å². The molecule has 1 atom stereocenters. The first-order valence-electron chi connectivity index (χ1n) is 6.20. The van der Waals surface area contributed by atoms with Crippen LogP contribution in [0.5, 0.6) is 0 Å². The summed E-state index contributed by atoms with van der Waals surface area (Å²) in [4.78, 5) is 8.61. The molecule has 0 aliphatic heterocycles. The number of hydrogen-bond acceptors (Lipinski definition) is 3. The van der Waals surface area contributed by atoms with E-state index in [9.17, 15) is 5.11 Å². The zero-order valence-electron chi connectivity index (χ0n) is 11.0. The van der Waals surface area contributed by atoms with Crippen LogP contribution in [0.15, 0.2) is 41.9 Å². The smallest absolute Gasteiger partial charge is 0.106 e. The van der Waals surface area contributed by atoms with Crippen LogP contribution >= 0.6 is 23.2 Å².